The van der Waals surface area contributed by atoms with Crippen LogP contribution >= 0.6 is 0 Å². The second kappa shape index (κ2) is 2.82. The van der Waals surface area contributed by atoms with Crippen molar-refractivity contribution >= 4 is 5.91 Å². The van der Waals surface area contributed by atoms with Gasteiger partial charge in [0.05, 0.1) is 5.69 Å². The van der Waals surface area contributed by atoms with Crippen LogP contribution in [0.4, 0.5) is 0 Å². The first kappa shape index (κ1) is 8.54. The summed E-state index contributed by atoms with van der Waals surface area (Å²) in [5.41, 5.74) is 5.80. The zero-order valence-corrected chi connectivity index (χ0v) is 6.87. The fraction of sp³-hybridized carbons (Fsp3) is 0.333. The highest BCUT2D eigenvalue weighted by molar-refractivity contribution is 5.96. The minimum atomic E-state index is -0.596. The van der Waals surface area contributed by atoms with Gasteiger partial charge in [-0.1, -0.05) is 0 Å². The van der Waals surface area contributed by atoms with Crippen LogP contribution < -0.4 is 16.5 Å². The van der Waals surface area contributed by atoms with Crippen LogP contribution in [0.15, 0.2) is 0 Å². The van der Waals surface area contributed by atoms with E-state index in [0.717, 1.165) is 0 Å². The van der Waals surface area contributed by atoms with Gasteiger partial charge in [0.15, 0.2) is 0 Å². The highest BCUT2D eigenvalue weighted by atomic mass is 16.6. The van der Waals surface area contributed by atoms with Crippen molar-refractivity contribution in [3.8, 4) is 5.88 Å². The van der Waals surface area contributed by atoms with Gasteiger partial charge in [-0.2, -0.15) is 11.0 Å². The summed E-state index contributed by atoms with van der Waals surface area (Å²) in [6.07, 6.45) is 0. The number of aromatic nitrogens is 2. The van der Waals surface area contributed by atoms with Crippen molar-refractivity contribution in [2.24, 2.45) is 18.7 Å². The third-order valence-corrected chi connectivity index (χ3v) is 1.53. The third kappa shape index (κ3) is 1.12. The highest BCUT2D eigenvalue weighted by Crippen LogP contribution is 2.18. The van der Waals surface area contributed by atoms with Crippen LogP contribution in [0.1, 0.15) is 16.1 Å². The Labute approximate surface area is 69.0 Å². The zero-order chi connectivity index (χ0) is 9.30. The van der Waals surface area contributed by atoms with Crippen molar-refractivity contribution in [2.45, 2.75) is 6.92 Å². The van der Waals surface area contributed by atoms with Crippen LogP contribution in [0, 0.1) is 6.92 Å². The average Bonchev–Trinajstić information content (AvgIpc) is 2.24. The number of amides is 1. The lowest BCUT2D eigenvalue weighted by atomic mass is 10.2. The summed E-state index contributed by atoms with van der Waals surface area (Å²) >= 11 is 0. The highest BCUT2D eigenvalue weighted by Gasteiger charge is 2.18. The van der Waals surface area contributed by atoms with E-state index in [2.05, 4.69) is 9.94 Å². The van der Waals surface area contributed by atoms with Crippen molar-refractivity contribution in [3.05, 3.63) is 11.3 Å². The van der Waals surface area contributed by atoms with E-state index in [-0.39, 0.29) is 11.4 Å². The second-order valence-corrected chi connectivity index (χ2v) is 2.37. The van der Waals surface area contributed by atoms with E-state index in [1.807, 2.05) is 0 Å². The summed E-state index contributed by atoms with van der Waals surface area (Å²) in [5.74, 6) is 4.52. The Morgan fingerprint density at radius 1 is 1.67 bits per heavy atom. The van der Waals surface area contributed by atoms with Gasteiger partial charge in [-0.25, -0.2) is 4.68 Å². The first-order chi connectivity index (χ1) is 5.57. The second-order valence-electron chi connectivity index (χ2n) is 2.37. The molecule has 0 radical (unpaired) electrons. The van der Waals surface area contributed by atoms with Gasteiger partial charge in [0, 0.05) is 7.05 Å². The molecule has 1 amide bonds. The fourth-order valence-corrected chi connectivity index (χ4v) is 1.06. The minimum absolute atomic E-state index is 0.181. The number of hydrogen-bond acceptors (Lipinski definition) is 4. The van der Waals surface area contributed by atoms with Gasteiger partial charge in [-0.15, -0.1) is 0 Å². The lowest BCUT2D eigenvalue weighted by molar-refractivity contribution is 0.0995. The normalized spacial score (nSPS) is 9.92. The van der Waals surface area contributed by atoms with Gasteiger partial charge in [0.25, 0.3) is 5.91 Å². The summed E-state index contributed by atoms with van der Waals surface area (Å²) in [6.45, 7) is 1.66. The van der Waals surface area contributed by atoms with Gasteiger partial charge in [-0.05, 0) is 6.92 Å². The maximum absolute atomic E-state index is 10.8. The number of carbonyl (C=O) groups is 1. The summed E-state index contributed by atoms with van der Waals surface area (Å²) < 4.78 is 1.36. The molecule has 4 N–H and O–H groups in total. The van der Waals surface area contributed by atoms with Gasteiger partial charge in [0.1, 0.15) is 5.56 Å². The Balaban J connectivity index is 3.32. The predicted octanol–water partition coefficient (Wildman–Crippen LogP) is -0.920. The molecule has 0 saturated heterocycles. The summed E-state index contributed by atoms with van der Waals surface area (Å²) in [5, 5.41) is 3.91. The van der Waals surface area contributed by atoms with Crippen LogP contribution in [0.3, 0.4) is 0 Å². The maximum Gasteiger partial charge on any atom is 0.256 e. The Morgan fingerprint density at radius 3 is 2.58 bits per heavy atom. The number of aryl methyl sites for hydroxylation is 2. The van der Waals surface area contributed by atoms with Crippen LogP contribution in [0.5, 0.6) is 5.88 Å². The number of hydrogen-bond donors (Lipinski definition) is 2. The molecule has 0 aliphatic heterocycles. The summed E-state index contributed by atoms with van der Waals surface area (Å²) in [4.78, 5) is 15.3. The largest absolute Gasteiger partial charge is 0.391 e. The van der Waals surface area contributed by atoms with E-state index in [1.165, 1.54) is 4.68 Å². The Hall–Kier alpha value is -1.56. The van der Waals surface area contributed by atoms with Crippen molar-refractivity contribution in [3.63, 3.8) is 0 Å². The molecule has 6 heteroatoms. The molecule has 0 aliphatic rings. The van der Waals surface area contributed by atoms with Crippen LogP contribution in [0.2, 0.25) is 0 Å². The van der Waals surface area contributed by atoms with E-state index >= 15 is 0 Å². The van der Waals surface area contributed by atoms with Crippen LogP contribution in [0.25, 0.3) is 0 Å². The number of nitrogens with zero attached hydrogens (tertiary/aromatic N) is 2. The molecule has 1 aromatic rings. The van der Waals surface area contributed by atoms with Crippen LogP contribution in [-0.2, 0) is 7.05 Å². The van der Waals surface area contributed by atoms with Gasteiger partial charge < -0.3 is 10.6 Å². The Bertz CT molecular complexity index is 318. The molecule has 0 aromatic carbocycles. The van der Waals surface area contributed by atoms with Crippen molar-refractivity contribution in [1.29, 1.82) is 0 Å². The van der Waals surface area contributed by atoms with E-state index in [0.29, 0.717) is 5.69 Å². The van der Waals surface area contributed by atoms with Gasteiger partial charge >= 0.3 is 0 Å². The maximum atomic E-state index is 10.8. The molecule has 12 heavy (non-hydrogen) atoms. The smallest absolute Gasteiger partial charge is 0.256 e. The molecule has 1 aromatic heterocycles. The molecule has 0 saturated carbocycles. The molecule has 0 unspecified atom stereocenters. The minimum Gasteiger partial charge on any atom is -0.391 e. The molecule has 0 atom stereocenters. The van der Waals surface area contributed by atoms with E-state index < -0.39 is 5.91 Å². The van der Waals surface area contributed by atoms with Crippen molar-refractivity contribution in [1.82, 2.24) is 9.78 Å². The first-order valence-corrected chi connectivity index (χ1v) is 3.28. The molecule has 1 heterocycles. The van der Waals surface area contributed by atoms with Crippen LogP contribution in [-0.4, -0.2) is 15.7 Å². The Kier molecular flexibility index (Phi) is 2.01. The molecule has 0 aliphatic carbocycles. The van der Waals surface area contributed by atoms with E-state index in [1.54, 1.807) is 14.0 Å². The number of nitrogens with two attached hydrogens (primary N) is 2. The lowest BCUT2D eigenvalue weighted by Crippen LogP contribution is -2.16. The number of rotatable bonds is 2. The van der Waals surface area contributed by atoms with Crippen molar-refractivity contribution < 1.29 is 9.63 Å². The molecule has 0 bridgehead atoms. The third-order valence-electron chi connectivity index (χ3n) is 1.53. The fourth-order valence-electron chi connectivity index (χ4n) is 1.06. The quantitative estimate of drug-likeness (QED) is 0.561. The molecular weight excluding hydrogens is 160 g/mol. The first-order valence-electron chi connectivity index (χ1n) is 3.28. The summed E-state index contributed by atoms with van der Waals surface area (Å²) in [6, 6.07) is 0. The molecule has 0 spiro atoms. The molecule has 66 valence electrons. The van der Waals surface area contributed by atoms with E-state index in [4.69, 9.17) is 11.6 Å². The topological polar surface area (TPSA) is 96.2 Å². The predicted molar refractivity (Wildman–Crippen MR) is 41.3 cm³/mol. The number of primary amides is 1. The average molecular weight is 170 g/mol. The molecule has 1 rings (SSSR count). The lowest BCUT2D eigenvalue weighted by Gasteiger charge is -1.99. The molecule has 0 fully saturated rings. The van der Waals surface area contributed by atoms with Gasteiger partial charge in [0.2, 0.25) is 5.88 Å². The zero-order valence-electron chi connectivity index (χ0n) is 6.87. The standard InChI is InChI=1S/C6H10N4O2/c1-3-4(5(7)11)6(12-8)10(2)9-3/h8H2,1-2H3,(H2,7,11). The monoisotopic (exact) mass is 170 g/mol. The van der Waals surface area contributed by atoms with E-state index in [9.17, 15) is 4.79 Å². The summed E-state index contributed by atoms with van der Waals surface area (Å²) in [7, 11) is 1.61. The van der Waals surface area contributed by atoms with Gasteiger partial charge in [-0.3, -0.25) is 4.79 Å². The SMILES string of the molecule is Cc1nn(C)c(ON)c1C(N)=O. The van der Waals surface area contributed by atoms with Crippen molar-refractivity contribution in [2.75, 3.05) is 0 Å². The number of carbonyl (C=O) groups excluding carboxylic acids is 1. The molecule has 6 nitrogen and oxygen atoms in total. The molecular formula is C6H10N4O2. The Morgan fingerprint density at radius 2 is 2.25 bits per heavy atom.